The first kappa shape index (κ1) is 13.4. The number of halogens is 3. The van der Waals surface area contributed by atoms with Crippen LogP contribution in [0, 0.1) is 5.82 Å². The second-order valence-corrected chi connectivity index (χ2v) is 4.18. The highest BCUT2D eigenvalue weighted by Crippen LogP contribution is 2.23. The van der Waals surface area contributed by atoms with Gasteiger partial charge in [-0.05, 0) is 33.6 Å². The number of carboxylic acids is 1. The fourth-order valence-corrected chi connectivity index (χ4v) is 1.63. The molecule has 16 heavy (non-hydrogen) atoms. The van der Waals surface area contributed by atoms with Gasteiger partial charge in [-0.15, -0.1) is 11.6 Å². The van der Waals surface area contributed by atoms with Crippen molar-refractivity contribution in [3.63, 3.8) is 0 Å². The van der Waals surface area contributed by atoms with Crippen LogP contribution in [-0.4, -0.2) is 23.6 Å². The molecule has 1 aromatic carbocycles. The number of carboxylic acid groups (broad SMARTS) is 1. The molecule has 3 nitrogen and oxygen atoms in total. The van der Waals surface area contributed by atoms with Crippen LogP contribution in [0.1, 0.15) is 11.7 Å². The van der Waals surface area contributed by atoms with Gasteiger partial charge >= 0.3 is 5.97 Å². The fraction of sp³-hybridized carbons (Fsp3) is 0.300. The summed E-state index contributed by atoms with van der Waals surface area (Å²) in [5.41, 5.74) is 0.367. The molecule has 0 saturated carbocycles. The van der Waals surface area contributed by atoms with E-state index in [9.17, 15) is 9.18 Å². The van der Waals surface area contributed by atoms with Crippen molar-refractivity contribution in [3.8, 4) is 0 Å². The van der Waals surface area contributed by atoms with Crippen molar-refractivity contribution in [1.82, 2.24) is 0 Å². The van der Waals surface area contributed by atoms with Crippen LogP contribution >= 0.6 is 27.5 Å². The van der Waals surface area contributed by atoms with E-state index in [1.807, 2.05) is 0 Å². The lowest BCUT2D eigenvalue weighted by Gasteiger charge is -2.13. The SMILES string of the molecule is O=C(O)C(OCCCl)c1ccc(F)c(Br)c1. The van der Waals surface area contributed by atoms with E-state index < -0.39 is 17.9 Å². The summed E-state index contributed by atoms with van der Waals surface area (Å²) in [6.07, 6.45) is -1.13. The Balaban J connectivity index is 2.92. The third-order valence-electron chi connectivity index (χ3n) is 1.83. The number of aliphatic carboxylic acids is 1. The van der Waals surface area contributed by atoms with E-state index in [4.69, 9.17) is 21.4 Å². The van der Waals surface area contributed by atoms with Crippen LogP contribution in [0.5, 0.6) is 0 Å². The Bertz CT molecular complexity index is 386. The summed E-state index contributed by atoms with van der Waals surface area (Å²) in [5.74, 6) is -1.39. The number of rotatable bonds is 5. The largest absolute Gasteiger partial charge is 0.479 e. The summed E-state index contributed by atoms with van der Waals surface area (Å²) in [6, 6.07) is 3.93. The maximum absolute atomic E-state index is 13.0. The van der Waals surface area contributed by atoms with Crippen molar-refractivity contribution in [1.29, 1.82) is 0 Å². The van der Waals surface area contributed by atoms with Crippen molar-refractivity contribution < 1.29 is 19.0 Å². The van der Waals surface area contributed by atoms with E-state index in [1.54, 1.807) is 0 Å². The minimum Gasteiger partial charge on any atom is -0.479 e. The molecule has 0 heterocycles. The van der Waals surface area contributed by atoms with Crippen molar-refractivity contribution in [3.05, 3.63) is 34.1 Å². The van der Waals surface area contributed by atoms with Crippen LogP contribution in [-0.2, 0) is 9.53 Å². The third kappa shape index (κ3) is 3.43. The van der Waals surface area contributed by atoms with E-state index in [2.05, 4.69) is 15.9 Å². The van der Waals surface area contributed by atoms with Crippen molar-refractivity contribution >= 4 is 33.5 Å². The average molecular weight is 312 g/mol. The molecule has 0 radical (unpaired) electrons. The Hall–Kier alpha value is -0.650. The molecule has 0 aliphatic rings. The monoisotopic (exact) mass is 310 g/mol. The summed E-state index contributed by atoms with van der Waals surface area (Å²) in [4.78, 5) is 10.9. The van der Waals surface area contributed by atoms with E-state index in [1.165, 1.54) is 18.2 Å². The molecule has 0 saturated heterocycles. The number of benzene rings is 1. The quantitative estimate of drug-likeness (QED) is 0.850. The molecule has 0 fully saturated rings. The van der Waals surface area contributed by atoms with Crippen molar-refractivity contribution in [2.75, 3.05) is 12.5 Å². The highest BCUT2D eigenvalue weighted by atomic mass is 79.9. The first-order valence-electron chi connectivity index (χ1n) is 4.41. The van der Waals surface area contributed by atoms with E-state index in [0.29, 0.717) is 5.56 Å². The Morgan fingerprint density at radius 2 is 2.31 bits per heavy atom. The van der Waals surface area contributed by atoms with Gasteiger partial charge in [-0.1, -0.05) is 6.07 Å². The fourth-order valence-electron chi connectivity index (χ4n) is 1.15. The van der Waals surface area contributed by atoms with Crippen LogP contribution in [0.4, 0.5) is 4.39 Å². The molecule has 1 aromatic rings. The summed E-state index contributed by atoms with van der Waals surface area (Å²) in [6.45, 7) is 0.119. The maximum Gasteiger partial charge on any atom is 0.337 e. The summed E-state index contributed by atoms with van der Waals surface area (Å²) < 4.78 is 18.2. The van der Waals surface area contributed by atoms with Gasteiger partial charge in [0.15, 0.2) is 6.10 Å². The van der Waals surface area contributed by atoms with Gasteiger partial charge in [-0.3, -0.25) is 0 Å². The molecule has 6 heteroatoms. The van der Waals surface area contributed by atoms with E-state index >= 15 is 0 Å². The molecule has 0 amide bonds. The number of carbonyl (C=O) groups is 1. The third-order valence-corrected chi connectivity index (χ3v) is 2.59. The summed E-state index contributed by atoms with van der Waals surface area (Å²) in [7, 11) is 0. The van der Waals surface area contributed by atoms with Gasteiger partial charge < -0.3 is 9.84 Å². The van der Waals surface area contributed by atoms with Crippen LogP contribution in [0.3, 0.4) is 0 Å². The number of hydrogen-bond donors (Lipinski definition) is 1. The van der Waals surface area contributed by atoms with Crippen molar-refractivity contribution in [2.24, 2.45) is 0 Å². The van der Waals surface area contributed by atoms with Gasteiger partial charge in [-0.25, -0.2) is 9.18 Å². The molecular formula is C10H9BrClFO3. The topological polar surface area (TPSA) is 46.5 Å². The predicted molar refractivity (Wildman–Crippen MR) is 61.1 cm³/mol. The predicted octanol–water partition coefficient (Wildman–Crippen LogP) is 2.97. The standard InChI is InChI=1S/C10H9BrClFO3/c11-7-5-6(1-2-8(7)13)9(10(14)15)16-4-3-12/h1-2,5,9H,3-4H2,(H,14,15). The van der Waals surface area contributed by atoms with Crippen molar-refractivity contribution in [2.45, 2.75) is 6.10 Å². The lowest BCUT2D eigenvalue weighted by atomic mass is 10.1. The van der Waals surface area contributed by atoms with Gasteiger partial charge in [0, 0.05) is 5.88 Å². The second kappa shape index (κ2) is 6.18. The second-order valence-electron chi connectivity index (χ2n) is 2.95. The maximum atomic E-state index is 13.0. The Morgan fingerprint density at radius 1 is 1.62 bits per heavy atom. The van der Waals surface area contributed by atoms with E-state index in [-0.39, 0.29) is 17.0 Å². The van der Waals surface area contributed by atoms with Gasteiger partial charge in [0.25, 0.3) is 0 Å². The Labute approximate surface area is 105 Å². The highest BCUT2D eigenvalue weighted by Gasteiger charge is 2.21. The molecule has 1 rings (SSSR count). The van der Waals surface area contributed by atoms with E-state index in [0.717, 1.165) is 0 Å². The van der Waals surface area contributed by atoms with Crippen LogP contribution < -0.4 is 0 Å². The Morgan fingerprint density at radius 3 is 2.81 bits per heavy atom. The van der Waals surface area contributed by atoms with Crippen LogP contribution in [0.2, 0.25) is 0 Å². The average Bonchev–Trinajstić information content (AvgIpc) is 2.23. The highest BCUT2D eigenvalue weighted by molar-refractivity contribution is 9.10. The zero-order chi connectivity index (χ0) is 12.1. The number of alkyl halides is 1. The van der Waals surface area contributed by atoms with Crippen LogP contribution in [0.15, 0.2) is 22.7 Å². The number of hydrogen-bond acceptors (Lipinski definition) is 2. The minimum atomic E-state index is -1.14. The van der Waals surface area contributed by atoms with Gasteiger partial charge in [0.05, 0.1) is 11.1 Å². The van der Waals surface area contributed by atoms with Gasteiger partial charge in [-0.2, -0.15) is 0 Å². The summed E-state index contributed by atoms with van der Waals surface area (Å²) in [5, 5.41) is 8.94. The first-order valence-corrected chi connectivity index (χ1v) is 5.74. The lowest BCUT2D eigenvalue weighted by molar-refractivity contribution is -0.150. The number of ether oxygens (including phenoxy) is 1. The zero-order valence-electron chi connectivity index (χ0n) is 8.12. The molecule has 88 valence electrons. The molecule has 1 atom stereocenters. The molecule has 0 aromatic heterocycles. The lowest BCUT2D eigenvalue weighted by Crippen LogP contribution is -2.16. The minimum absolute atomic E-state index is 0.119. The first-order chi connectivity index (χ1) is 7.56. The normalized spacial score (nSPS) is 12.4. The Kier molecular flexibility index (Phi) is 5.18. The summed E-state index contributed by atoms with van der Waals surface area (Å²) >= 11 is 8.39. The van der Waals surface area contributed by atoms with Gasteiger partial charge in [0.1, 0.15) is 5.82 Å². The smallest absolute Gasteiger partial charge is 0.337 e. The molecule has 1 N–H and O–H groups in total. The molecule has 0 aliphatic carbocycles. The molecule has 1 unspecified atom stereocenters. The molecule has 0 bridgehead atoms. The van der Waals surface area contributed by atoms with Gasteiger partial charge in [0.2, 0.25) is 0 Å². The molecule has 0 spiro atoms. The molecule has 0 aliphatic heterocycles. The zero-order valence-corrected chi connectivity index (χ0v) is 10.5. The molecular weight excluding hydrogens is 302 g/mol. The van der Waals surface area contributed by atoms with Crippen LogP contribution in [0.25, 0.3) is 0 Å².